The molecule has 0 spiro atoms. The average molecular weight is 404 g/mol. The molecule has 0 radical (unpaired) electrons. The maximum atomic E-state index is 12.7. The second-order valence-electron chi connectivity index (χ2n) is 6.56. The summed E-state index contributed by atoms with van der Waals surface area (Å²) in [5.41, 5.74) is 3.00. The van der Waals surface area contributed by atoms with Crippen molar-refractivity contribution in [3.63, 3.8) is 0 Å². The van der Waals surface area contributed by atoms with Gasteiger partial charge in [-0.15, -0.1) is 0 Å². The van der Waals surface area contributed by atoms with E-state index in [4.69, 9.17) is 0 Å². The fraction of sp³-hybridized carbons (Fsp3) is 0.300. The monoisotopic (exact) mass is 404 g/mol. The van der Waals surface area contributed by atoms with Gasteiger partial charge in [-0.3, -0.25) is 9.10 Å². The van der Waals surface area contributed by atoms with Crippen molar-refractivity contribution in [3.8, 4) is 0 Å². The summed E-state index contributed by atoms with van der Waals surface area (Å²) >= 11 is 0. The number of esters is 1. The van der Waals surface area contributed by atoms with E-state index in [1.807, 2.05) is 19.9 Å². The molecule has 1 amide bonds. The Bertz CT molecular complexity index is 1000. The Hall–Kier alpha value is -2.87. The number of carbonyl (C=O) groups excluding carboxylic acids is 2. The minimum Gasteiger partial charge on any atom is -0.465 e. The van der Waals surface area contributed by atoms with Crippen LogP contribution in [0.15, 0.2) is 42.5 Å². The highest BCUT2D eigenvalue weighted by Gasteiger charge is 2.29. The van der Waals surface area contributed by atoms with Gasteiger partial charge in [0.2, 0.25) is 15.9 Å². The number of aryl methyl sites for hydroxylation is 2. The molecule has 0 saturated heterocycles. The Morgan fingerprint density at radius 1 is 1.07 bits per heavy atom. The van der Waals surface area contributed by atoms with Crippen LogP contribution in [0, 0.1) is 13.8 Å². The molecule has 0 unspecified atom stereocenters. The first kappa shape index (κ1) is 21.4. The summed E-state index contributed by atoms with van der Waals surface area (Å²) in [5, 5.41) is 2.66. The predicted octanol–water partition coefficient (Wildman–Crippen LogP) is 2.88. The molecule has 150 valence electrons. The van der Waals surface area contributed by atoms with Gasteiger partial charge in [0.05, 0.1) is 24.6 Å². The SMILES string of the molecule is COC(=O)c1cccc(NC(=O)[C@@H](C)N(c2ccc(C)c(C)c2)S(C)(=O)=O)c1. The van der Waals surface area contributed by atoms with Crippen LogP contribution in [-0.4, -0.2) is 39.7 Å². The fourth-order valence-electron chi connectivity index (χ4n) is 2.76. The van der Waals surface area contributed by atoms with Gasteiger partial charge < -0.3 is 10.1 Å². The van der Waals surface area contributed by atoms with E-state index in [0.29, 0.717) is 11.4 Å². The molecule has 7 nitrogen and oxygen atoms in total. The lowest BCUT2D eigenvalue weighted by atomic mass is 10.1. The van der Waals surface area contributed by atoms with Crippen molar-refractivity contribution in [1.82, 2.24) is 0 Å². The number of hydrogen-bond donors (Lipinski definition) is 1. The third kappa shape index (κ3) is 4.89. The molecular formula is C20H24N2O5S. The van der Waals surface area contributed by atoms with Crippen molar-refractivity contribution in [2.45, 2.75) is 26.8 Å². The van der Waals surface area contributed by atoms with E-state index in [-0.39, 0.29) is 5.56 Å². The van der Waals surface area contributed by atoms with Crippen molar-refractivity contribution in [2.24, 2.45) is 0 Å². The largest absolute Gasteiger partial charge is 0.465 e. The molecule has 2 aromatic rings. The topological polar surface area (TPSA) is 92.8 Å². The summed E-state index contributed by atoms with van der Waals surface area (Å²) < 4.78 is 30.5. The van der Waals surface area contributed by atoms with E-state index < -0.39 is 27.9 Å². The molecule has 0 saturated carbocycles. The second kappa shape index (κ2) is 8.43. The Labute approximate surface area is 165 Å². The number of amides is 1. The van der Waals surface area contributed by atoms with Gasteiger partial charge in [0, 0.05) is 5.69 Å². The van der Waals surface area contributed by atoms with Gasteiger partial charge in [0.25, 0.3) is 0 Å². The standard InChI is InChI=1S/C20H24N2O5S/c1-13-9-10-18(11-14(13)2)22(28(5,25)26)15(3)19(23)21-17-8-6-7-16(12-17)20(24)27-4/h6-12,15H,1-5H3,(H,21,23)/t15-/m1/s1. The lowest BCUT2D eigenvalue weighted by Gasteiger charge is -2.28. The van der Waals surface area contributed by atoms with Gasteiger partial charge in [-0.25, -0.2) is 13.2 Å². The Morgan fingerprint density at radius 3 is 2.32 bits per heavy atom. The van der Waals surface area contributed by atoms with Crippen molar-refractivity contribution in [1.29, 1.82) is 0 Å². The zero-order chi connectivity index (χ0) is 21.1. The van der Waals surface area contributed by atoms with Crippen LogP contribution >= 0.6 is 0 Å². The molecule has 28 heavy (non-hydrogen) atoms. The molecule has 2 rings (SSSR count). The zero-order valence-electron chi connectivity index (χ0n) is 16.5. The summed E-state index contributed by atoms with van der Waals surface area (Å²) in [7, 11) is -2.44. The minimum atomic E-state index is -3.71. The van der Waals surface area contributed by atoms with Gasteiger partial charge >= 0.3 is 5.97 Å². The summed E-state index contributed by atoms with van der Waals surface area (Å²) in [5.74, 6) is -1.05. The number of benzene rings is 2. The lowest BCUT2D eigenvalue weighted by Crippen LogP contribution is -2.45. The normalized spacial score (nSPS) is 12.2. The van der Waals surface area contributed by atoms with Gasteiger partial charge in [0.1, 0.15) is 6.04 Å². The molecule has 8 heteroatoms. The van der Waals surface area contributed by atoms with E-state index in [0.717, 1.165) is 21.7 Å². The molecule has 0 heterocycles. The Balaban J connectivity index is 2.32. The molecule has 0 bridgehead atoms. The first-order chi connectivity index (χ1) is 13.0. The van der Waals surface area contributed by atoms with E-state index in [1.54, 1.807) is 30.3 Å². The number of ether oxygens (including phenoxy) is 1. The minimum absolute atomic E-state index is 0.280. The van der Waals surface area contributed by atoms with E-state index in [9.17, 15) is 18.0 Å². The second-order valence-corrected chi connectivity index (χ2v) is 8.42. The summed E-state index contributed by atoms with van der Waals surface area (Å²) in [4.78, 5) is 24.4. The molecule has 1 N–H and O–H groups in total. The maximum Gasteiger partial charge on any atom is 0.337 e. The Kier molecular flexibility index (Phi) is 6.45. The van der Waals surface area contributed by atoms with Crippen LogP contribution in [0.1, 0.15) is 28.4 Å². The van der Waals surface area contributed by atoms with E-state index in [2.05, 4.69) is 10.1 Å². The number of nitrogens with zero attached hydrogens (tertiary/aromatic N) is 1. The highest BCUT2D eigenvalue weighted by molar-refractivity contribution is 7.92. The van der Waals surface area contributed by atoms with E-state index in [1.165, 1.54) is 20.1 Å². The van der Waals surface area contributed by atoms with Crippen LogP contribution in [0.3, 0.4) is 0 Å². The van der Waals surface area contributed by atoms with Crippen LogP contribution in [0.5, 0.6) is 0 Å². The number of sulfonamides is 1. The highest BCUT2D eigenvalue weighted by Crippen LogP contribution is 2.24. The number of hydrogen-bond acceptors (Lipinski definition) is 5. The van der Waals surface area contributed by atoms with Crippen LogP contribution < -0.4 is 9.62 Å². The zero-order valence-corrected chi connectivity index (χ0v) is 17.3. The van der Waals surface area contributed by atoms with Crippen LogP contribution in [0.25, 0.3) is 0 Å². The molecule has 0 aromatic heterocycles. The van der Waals surface area contributed by atoms with Crippen molar-refractivity contribution >= 4 is 33.3 Å². The van der Waals surface area contributed by atoms with Gasteiger partial charge in [0.15, 0.2) is 0 Å². The first-order valence-corrected chi connectivity index (χ1v) is 10.5. The maximum absolute atomic E-state index is 12.7. The van der Waals surface area contributed by atoms with Gasteiger partial charge in [-0.1, -0.05) is 12.1 Å². The fourth-order valence-corrected chi connectivity index (χ4v) is 3.93. The van der Waals surface area contributed by atoms with Gasteiger partial charge in [-0.05, 0) is 62.2 Å². The molecule has 0 aliphatic heterocycles. The quantitative estimate of drug-likeness (QED) is 0.748. The van der Waals surface area contributed by atoms with Crippen molar-refractivity contribution in [3.05, 3.63) is 59.2 Å². The smallest absolute Gasteiger partial charge is 0.337 e. The highest BCUT2D eigenvalue weighted by atomic mass is 32.2. The summed E-state index contributed by atoms with van der Waals surface area (Å²) in [6.07, 6.45) is 1.06. The average Bonchev–Trinajstić information content (AvgIpc) is 2.63. The van der Waals surface area contributed by atoms with Crippen LogP contribution in [-0.2, 0) is 19.6 Å². The molecule has 0 aliphatic carbocycles. The molecule has 0 aliphatic rings. The molecule has 2 aromatic carbocycles. The third-order valence-electron chi connectivity index (χ3n) is 4.38. The third-order valence-corrected chi connectivity index (χ3v) is 5.63. The molecule has 0 fully saturated rings. The number of methoxy groups -OCH3 is 1. The van der Waals surface area contributed by atoms with Crippen molar-refractivity contribution < 1.29 is 22.7 Å². The molecule has 1 atom stereocenters. The van der Waals surface area contributed by atoms with Gasteiger partial charge in [-0.2, -0.15) is 0 Å². The molecular weight excluding hydrogens is 380 g/mol. The lowest BCUT2D eigenvalue weighted by molar-refractivity contribution is -0.116. The summed E-state index contributed by atoms with van der Waals surface area (Å²) in [6, 6.07) is 10.5. The van der Waals surface area contributed by atoms with Crippen LogP contribution in [0.2, 0.25) is 0 Å². The van der Waals surface area contributed by atoms with Crippen molar-refractivity contribution in [2.75, 3.05) is 23.0 Å². The summed E-state index contributed by atoms with van der Waals surface area (Å²) in [6.45, 7) is 5.31. The van der Waals surface area contributed by atoms with Crippen LogP contribution in [0.4, 0.5) is 11.4 Å². The Morgan fingerprint density at radius 2 is 1.75 bits per heavy atom. The number of rotatable bonds is 6. The number of anilines is 2. The number of nitrogens with one attached hydrogen (secondary N) is 1. The predicted molar refractivity (Wildman–Crippen MR) is 109 cm³/mol. The van der Waals surface area contributed by atoms with E-state index >= 15 is 0 Å². The first-order valence-electron chi connectivity index (χ1n) is 8.60. The number of carbonyl (C=O) groups is 2.